The Bertz CT molecular complexity index is 717. The minimum absolute atomic E-state index is 0.212. The largest absolute Gasteiger partial charge is 0.497 e. The second-order valence-electron chi connectivity index (χ2n) is 4.84. The van der Waals surface area contributed by atoms with Crippen molar-refractivity contribution >= 4 is 26.5 Å². The van der Waals surface area contributed by atoms with Crippen molar-refractivity contribution in [2.24, 2.45) is 10.3 Å². The van der Waals surface area contributed by atoms with E-state index in [1.54, 1.807) is 12.1 Å². The van der Waals surface area contributed by atoms with Gasteiger partial charge in [-0.05, 0) is 30.2 Å². The van der Waals surface area contributed by atoms with E-state index in [2.05, 4.69) is 28.4 Å². The molecule has 0 spiro atoms. The van der Waals surface area contributed by atoms with Gasteiger partial charge in [0, 0.05) is 6.42 Å². The highest BCUT2D eigenvalue weighted by atomic mass is 32.2. The molecule has 0 aliphatic carbocycles. The second-order valence-corrected chi connectivity index (χ2v) is 7.53. The van der Waals surface area contributed by atoms with Crippen molar-refractivity contribution in [3.63, 3.8) is 0 Å². The van der Waals surface area contributed by atoms with Crippen LogP contribution in [-0.4, -0.2) is 26.1 Å². The van der Waals surface area contributed by atoms with Crippen molar-refractivity contribution in [2.45, 2.75) is 25.2 Å². The van der Waals surface area contributed by atoms with Crippen LogP contribution in [0.3, 0.4) is 0 Å². The average Bonchev–Trinajstić information content (AvgIpc) is 2.84. The standard InChI is InChI=1S/C13H17N3O3S2/c1-9(2)8-12-14-15-13(20-12)16-21(17,18)11-6-4-10(19-3)5-7-11/h4-7,9H,8H2,1-3H3,(H,15,16,17,18). The molecule has 21 heavy (non-hydrogen) atoms. The zero-order chi connectivity index (χ0) is 15.5. The molecular weight excluding hydrogens is 310 g/mol. The van der Waals surface area contributed by atoms with E-state index in [1.807, 2.05) is 0 Å². The van der Waals surface area contributed by atoms with Crippen LogP contribution >= 0.6 is 11.3 Å². The number of rotatable bonds is 5. The predicted octanol–water partition coefficient (Wildman–Crippen LogP) is 3.38. The van der Waals surface area contributed by atoms with Crippen LogP contribution in [0.15, 0.2) is 33.5 Å². The van der Waals surface area contributed by atoms with Crippen LogP contribution < -0.4 is 4.74 Å². The fourth-order valence-corrected chi connectivity index (χ4v) is 3.71. The van der Waals surface area contributed by atoms with Crippen LogP contribution in [0.1, 0.15) is 18.9 Å². The lowest BCUT2D eigenvalue weighted by molar-refractivity contribution is 0.414. The molecule has 1 aromatic heterocycles. The molecule has 0 aliphatic rings. The van der Waals surface area contributed by atoms with Gasteiger partial charge in [0.1, 0.15) is 10.8 Å². The lowest BCUT2D eigenvalue weighted by Crippen LogP contribution is -1.97. The topological polar surface area (TPSA) is 84.7 Å². The molecule has 1 unspecified atom stereocenters. The van der Waals surface area contributed by atoms with Gasteiger partial charge in [0.2, 0.25) is 5.13 Å². The van der Waals surface area contributed by atoms with Gasteiger partial charge in [-0.15, -0.1) is 14.6 Å². The Morgan fingerprint density at radius 3 is 2.57 bits per heavy atom. The van der Waals surface area contributed by atoms with Gasteiger partial charge >= 0.3 is 0 Å². The fourth-order valence-electron chi connectivity index (χ4n) is 1.62. The number of hydrogen-bond acceptors (Lipinski definition) is 6. The summed E-state index contributed by atoms with van der Waals surface area (Å²) in [5.41, 5.74) is 0. The number of aromatic nitrogens is 2. The van der Waals surface area contributed by atoms with Crippen molar-refractivity contribution in [2.75, 3.05) is 7.11 Å². The third-order valence-electron chi connectivity index (χ3n) is 2.61. The van der Waals surface area contributed by atoms with E-state index < -0.39 is 10.0 Å². The molecule has 0 radical (unpaired) electrons. The van der Waals surface area contributed by atoms with Crippen LogP contribution in [0, 0.1) is 5.92 Å². The van der Waals surface area contributed by atoms with Gasteiger partial charge in [-0.2, -0.15) is 0 Å². The Hall–Kier alpha value is -1.51. The van der Waals surface area contributed by atoms with E-state index in [4.69, 9.17) is 4.74 Å². The lowest BCUT2D eigenvalue weighted by atomic mass is 10.1. The number of hydrogen-bond donors (Lipinski definition) is 1. The Labute approximate surface area is 128 Å². The predicted molar refractivity (Wildman–Crippen MR) is 82.6 cm³/mol. The van der Waals surface area contributed by atoms with Gasteiger partial charge in [-0.25, -0.2) is 4.21 Å². The summed E-state index contributed by atoms with van der Waals surface area (Å²) in [6.07, 6.45) is 0.780. The summed E-state index contributed by atoms with van der Waals surface area (Å²) < 4.78 is 31.2. The molecule has 2 rings (SSSR count). The highest BCUT2D eigenvalue weighted by Gasteiger charge is 2.12. The first kappa shape index (κ1) is 15.9. The second kappa shape index (κ2) is 6.50. The zero-order valence-electron chi connectivity index (χ0n) is 12.0. The Kier molecular flexibility index (Phi) is 4.92. The Balaban J connectivity index is 2.28. The van der Waals surface area contributed by atoms with E-state index >= 15 is 0 Å². The van der Waals surface area contributed by atoms with Crippen molar-refractivity contribution < 1.29 is 13.5 Å². The maximum absolute atomic E-state index is 12.3. The van der Waals surface area contributed by atoms with Gasteiger partial charge in [-0.1, -0.05) is 25.2 Å². The maximum Gasteiger partial charge on any atom is 0.242 e. The van der Waals surface area contributed by atoms with Crippen molar-refractivity contribution in [1.29, 1.82) is 0 Å². The van der Waals surface area contributed by atoms with Crippen molar-refractivity contribution in [1.82, 2.24) is 10.2 Å². The number of methoxy groups -OCH3 is 1. The molecule has 114 valence electrons. The Morgan fingerprint density at radius 2 is 2.00 bits per heavy atom. The first-order chi connectivity index (χ1) is 9.90. The van der Waals surface area contributed by atoms with Crippen molar-refractivity contribution in [3.05, 3.63) is 29.3 Å². The fraction of sp³-hybridized carbons (Fsp3) is 0.385. The quantitative estimate of drug-likeness (QED) is 0.910. The molecule has 1 aromatic carbocycles. The molecule has 1 N–H and O–H groups in total. The number of nitrogens with zero attached hydrogens (tertiary/aromatic N) is 3. The summed E-state index contributed by atoms with van der Waals surface area (Å²) >= 11 is 1.24. The van der Waals surface area contributed by atoms with E-state index in [1.165, 1.54) is 30.6 Å². The van der Waals surface area contributed by atoms with Gasteiger partial charge in [0.15, 0.2) is 10.0 Å². The summed E-state index contributed by atoms with van der Waals surface area (Å²) in [4.78, 5) is 0.212. The zero-order valence-corrected chi connectivity index (χ0v) is 13.6. The summed E-state index contributed by atoms with van der Waals surface area (Å²) in [6.45, 7) is 4.15. The lowest BCUT2D eigenvalue weighted by Gasteiger charge is -2.03. The van der Waals surface area contributed by atoms with Gasteiger partial charge in [-0.3, -0.25) is 4.55 Å². The minimum Gasteiger partial charge on any atom is -0.497 e. The Morgan fingerprint density at radius 1 is 1.33 bits per heavy atom. The molecule has 0 aliphatic heterocycles. The van der Waals surface area contributed by atoms with E-state index in [0.717, 1.165) is 11.4 Å². The molecule has 0 fully saturated rings. The van der Waals surface area contributed by atoms with E-state index in [-0.39, 0.29) is 10.0 Å². The normalized spacial score (nSPS) is 14.0. The van der Waals surface area contributed by atoms with Crippen LogP contribution in [0.4, 0.5) is 5.13 Å². The summed E-state index contributed by atoms with van der Waals surface area (Å²) in [5, 5.41) is 8.86. The highest BCUT2D eigenvalue weighted by Crippen LogP contribution is 2.25. The van der Waals surface area contributed by atoms with Crippen LogP contribution in [-0.2, 0) is 16.4 Å². The van der Waals surface area contributed by atoms with E-state index in [0.29, 0.717) is 11.7 Å². The van der Waals surface area contributed by atoms with Crippen LogP contribution in [0.25, 0.3) is 0 Å². The molecule has 0 bridgehead atoms. The monoisotopic (exact) mass is 327 g/mol. The SMILES string of the molecule is COc1ccc(S(=O)(O)=Nc2nnc(CC(C)C)s2)cc1. The van der Waals surface area contributed by atoms with Gasteiger partial charge in [0.05, 0.1) is 12.0 Å². The minimum atomic E-state index is -3.53. The van der Waals surface area contributed by atoms with Crippen LogP contribution in [0.5, 0.6) is 5.75 Å². The molecule has 2 aromatic rings. The summed E-state index contributed by atoms with van der Waals surface area (Å²) in [6, 6.07) is 6.26. The molecule has 6 nitrogen and oxygen atoms in total. The number of ether oxygens (including phenoxy) is 1. The number of benzene rings is 1. The highest BCUT2D eigenvalue weighted by molar-refractivity contribution is 7.88. The van der Waals surface area contributed by atoms with E-state index in [9.17, 15) is 8.76 Å². The maximum atomic E-state index is 12.3. The third kappa shape index (κ3) is 4.23. The first-order valence-electron chi connectivity index (χ1n) is 6.37. The molecule has 0 amide bonds. The third-order valence-corrected chi connectivity index (χ3v) is 4.87. The smallest absolute Gasteiger partial charge is 0.242 e. The first-order valence-corrected chi connectivity index (χ1v) is 8.65. The molecule has 0 saturated heterocycles. The van der Waals surface area contributed by atoms with Gasteiger partial charge in [0.25, 0.3) is 0 Å². The van der Waals surface area contributed by atoms with Crippen molar-refractivity contribution in [3.8, 4) is 5.75 Å². The van der Waals surface area contributed by atoms with Gasteiger partial charge < -0.3 is 4.74 Å². The molecular formula is C13H17N3O3S2. The summed E-state index contributed by atoms with van der Waals surface area (Å²) in [5.74, 6) is 1.06. The molecule has 1 heterocycles. The summed E-state index contributed by atoms with van der Waals surface area (Å²) in [7, 11) is -1.99. The average molecular weight is 327 g/mol. The molecule has 8 heteroatoms. The van der Waals surface area contributed by atoms with Crippen LogP contribution in [0.2, 0.25) is 0 Å². The molecule has 0 saturated carbocycles. The molecule has 1 atom stereocenters.